The Labute approximate surface area is 215 Å². The van der Waals surface area contributed by atoms with E-state index in [1.165, 1.54) is 16.8 Å². The number of piperazine rings is 1. The number of rotatable bonds is 8. The molecule has 1 saturated heterocycles. The van der Waals surface area contributed by atoms with Crippen LogP contribution in [0.25, 0.3) is 10.9 Å². The van der Waals surface area contributed by atoms with Crippen LogP contribution in [0.5, 0.6) is 5.75 Å². The third-order valence-corrected chi connectivity index (χ3v) is 7.07. The molecule has 0 radical (unpaired) electrons. The summed E-state index contributed by atoms with van der Waals surface area (Å²) in [5, 5.41) is 13.5. The van der Waals surface area contributed by atoms with Crippen molar-refractivity contribution in [1.29, 1.82) is 0 Å². The average Bonchev–Trinajstić information content (AvgIpc) is 3.37. The van der Waals surface area contributed by atoms with Gasteiger partial charge < -0.3 is 19.4 Å². The van der Waals surface area contributed by atoms with Gasteiger partial charge in [0.1, 0.15) is 11.8 Å². The van der Waals surface area contributed by atoms with E-state index in [1.807, 2.05) is 24.3 Å². The van der Waals surface area contributed by atoms with Gasteiger partial charge in [0.2, 0.25) is 0 Å². The van der Waals surface area contributed by atoms with E-state index in [4.69, 9.17) is 9.47 Å². The van der Waals surface area contributed by atoms with Crippen molar-refractivity contribution in [3.05, 3.63) is 75.3 Å². The number of pyridine rings is 1. The number of anilines is 1. The number of fused-ring (bicyclic) bond motifs is 1. The molecule has 10 nitrogen and oxygen atoms in total. The second-order valence-electron chi connectivity index (χ2n) is 9.48. The lowest BCUT2D eigenvalue weighted by molar-refractivity contribution is 0.171. The highest BCUT2D eigenvalue weighted by molar-refractivity contribution is 5.80. The highest BCUT2D eigenvalue weighted by atomic mass is 16.5. The molecular weight excluding hydrogens is 470 g/mol. The second kappa shape index (κ2) is 10.7. The number of nitrogens with one attached hydrogen (secondary N) is 1. The van der Waals surface area contributed by atoms with Gasteiger partial charge in [-0.1, -0.05) is 12.1 Å². The lowest BCUT2D eigenvalue weighted by Crippen LogP contribution is -2.49. The number of H-pyrrole nitrogens is 1. The number of aromatic amines is 1. The van der Waals surface area contributed by atoms with Gasteiger partial charge in [0, 0.05) is 50.6 Å². The minimum absolute atomic E-state index is 0.163. The van der Waals surface area contributed by atoms with Gasteiger partial charge in [0.15, 0.2) is 5.82 Å². The number of benzene rings is 2. The molecule has 0 bridgehead atoms. The Morgan fingerprint density at radius 3 is 2.59 bits per heavy atom. The highest BCUT2D eigenvalue weighted by Gasteiger charge is 2.33. The first-order valence-electron chi connectivity index (χ1n) is 12.5. The average molecular weight is 504 g/mol. The number of nitrogens with zero attached hydrogens (tertiary/aromatic N) is 6. The Bertz CT molecular complexity index is 1440. The first-order valence-corrected chi connectivity index (χ1v) is 12.5. The SMILES string of the molecule is COCCn1nnnc1C(c1cc2ccc(OC)cc2[nH]c1=O)N1CCN(c2cc(C)ccc2C)CC1. The maximum absolute atomic E-state index is 13.5. The van der Waals surface area contributed by atoms with Crippen molar-refractivity contribution in [2.24, 2.45) is 0 Å². The minimum atomic E-state index is -0.400. The maximum atomic E-state index is 13.5. The summed E-state index contributed by atoms with van der Waals surface area (Å²) in [6, 6.07) is 13.8. The third-order valence-electron chi connectivity index (χ3n) is 7.07. The molecule has 1 aliphatic heterocycles. The second-order valence-corrected chi connectivity index (χ2v) is 9.48. The first kappa shape index (κ1) is 24.9. The summed E-state index contributed by atoms with van der Waals surface area (Å²) in [4.78, 5) is 21.2. The van der Waals surface area contributed by atoms with E-state index in [-0.39, 0.29) is 5.56 Å². The Hall–Kier alpha value is -3.76. The molecule has 1 N–H and O–H groups in total. The van der Waals surface area contributed by atoms with Crippen LogP contribution in [0.1, 0.15) is 28.6 Å². The van der Waals surface area contributed by atoms with E-state index in [0.29, 0.717) is 30.3 Å². The van der Waals surface area contributed by atoms with E-state index in [0.717, 1.165) is 37.1 Å². The topological polar surface area (TPSA) is 101 Å². The molecule has 0 spiro atoms. The van der Waals surface area contributed by atoms with Crippen molar-refractivity contribution < 1.29 is 9.47 Å². The van der Waals surface area contributed by atoms with Crippen LogP contribution in [0, 0.1) is 13.8 Å². The van der Waals surface area contributed by atoms with Gasteiger partial charge in [-0.25, -0.2) is 4.68 Å². The summed E-state index contributed by atoms with van der Waals surface area (Å²) in [5.41, 5.74) is 4.96. The Morgan fingerprint density at radius 2 is 1.84 bits per heavy atom. The third kappa shape index (κ3) is 5.07. The van der Waals surface area contributed by atoms with E-state index < -0.39 is 6.04 Å². The molecule has 4 aromatic rings. The molecule has 194 valence electrons. The van der Waals surface area contributed by atoms with Crippen LogP contribution in [-0.2, 0) is 11.3 Å². The minimum Gasteiger partial charge on any atom is -0.497 e. The van der Waals surface area contributed by atoms with Gasteiger partial charge in [-0.3, -0.25) is 9.69 Å². The van der Waals surface area contributed by atoms with Crippen molar-refractivity contribution in [3.63, 3.8) is 0 Å². The largest absolute Gasteiger partial charge is 0.497 e. The molecule has 1 unspecified atom stereocenters. The molecule has 1 atom stereocenters. The van der Waals surface area contributed by atoms with Crippen molar-refractivity contribution >= 4 is 16.6 Å². The number of aryl methyl sites for hydroxylation is 2. The zero-order chi connectivity index (χ0) is 25.9. The normalized spacial score (nSPS) is 15.3. The fourth-order valence-electron chi connectivity index (χ4n) is 5.05. The molecule has 1 fully saturated rings. The quantitative estimate of drug-likeness (QED) is 0.392. The monoisotopic (exact) mass is 503 g/mol. The fourth-order valence-corrected chi connectivity index (χ4v) is 5.05. The molecule has 3 heterocycles. The van der Waals surface area contributed by atoms with Crippen molar-refractivity contribution in [3.8, 4) is 5.75 Å². The number of methoxy groups -OCH3 is 2. The van der Waals surface area contributed by atoms with E-state index in [2.05, 4.69) is 62.4 Å². The predicted molar refractivity (Wildman–Crippen MR) is 142 cm³/mol. The van der Waals surface area contributed by atoms with Gasteiger partial charge in [-0.2, -0.15) is 0 Å². The van der Waals surface area contributed by atoms with E-state index >= 15 is 0 Å². The molecular formula is C27H33N7O3. The Balaban J connectivity index is 1.52. The molecule has 2 aromatic heterocycles. The molecule has 2 aromatic carbocycles. The lowest BCUT2D eigenvalue weighted by atomic mass is 10.0. The molecule has 10 heteroatoms. The Kier molecular flexibility index (Phi) is 7.20. The van der Waals surface area contributed by atoms with Crippen molar-refractivity contribution in [1.82, 2.24) is 30.1 Å². The Morgan fingerprint density at radius 1 is 1.03 bits per heavy atom. The van der Waals surface area contributed by atoms with Crippen LogP contribution in [0.15, 0.2) is 47.3 Å². The molecule has 37 heavy (non-hydrogen) atoms. The van der Waals surface area contributed by atoms with Crippen LogP contribution >= 0.6 is 0 Å². The van der Waals surface area contributed by atoms with Gasteiger partial charge in [0.05, 0.1) is 25.8 Å². The smallest absolute Gasteiger partial charge is 0.253 e. The van der Waals surface area contributed by atoms with Crippen LogP contribution in [0.2, 0.25) is 0 Å². The van der Waals surface area contributed by atoms with Crippen LogP contribution < -0.4 is 15.2 Å². The number of ether oxygens (including phenoxy) is 2. The summed E-state index contributed by atoms with van der Waals surface area (Å²) in [6.45, 7) is 8.43. The van der Waals surface area contributed by atoms with Gasteiger partial charge in [-0.15, -0.1) is 5.10 Å². The van der Waals surface area contributed by atoms with Crippen molar-refractivity contribution in [2.45, 2.75) is 26.4 Å². The van der Waals surface area contributed by atoms with Crippen LogP contribution in [0.3, 0.4) is 0 Å². The fraction of sp³-hybridized carbons (Fsp3) is 0.407. The molecule has 0 saturated carbocycles. The standard InChI is InChI=1S/C27H33N7O3/c1-18-5-6-19(2)24(15-18)32-9-11-33(12-10-32)25(26-29-30-31-34(26)13-14-36-3)22-16-20-7-8-21(37-4)17-23(20)28-27(22)35/h5-8,15-17,25H,9-14H2,1-4H3,(H,28,35). The molecule has 0 aliphatic carbocycles. The van der Waals surface area contributed by atoms with Crippen LogP contribution in [0.4, 0.5) is 5.69 Å². The lowest BCUT2D eigenvalue weighted by Gasteiger charge is -2.40. The summed E-state index contributed by atoms with van der Waals surface area (Å²) in [7, 11) is 3.26. The summed E-state index contributed by atoms with van der Waals surface area (Å²) in [5.74, 6) is 1.33. The highest BCUT2D eigenvalue weighted by Crippen LogP contribution is 2.30. The first-order chi connectivity index (χ1) is 18.0. The van der Waals surface area contributed by atoms with Gasteiger partial charge in [-0.05, 0) is 65.1 Å². The molecule has 1 aliphatic rings. The number of tetrazole rings is 1. The summed E-state index contributed by atoms with van der Waals surface area (Å²) in [6.07, 6.45) is 0. The zero-order valence-corrected chi connectivity index (χ0v) is 21.8. The zero-order valence-electron chi connectivity index (χ0n) is 21.8. The predicted octanol–water partition coefficient (Wildman–Crippen LogP) is 2.70. The number of hydrogen-bond acceptors (Lipinski definition) is 8. The van der Waals surface area contributed by atoms with Gasteiger partial charge >= 0.3 is 0 Å². The van der Waals surface area contributed by atoms with E-state index in [1.54, 1.807) is 18.9 Å². The number of hydrogen-bond donors (Lipinski definition) is 1. The summed E-state index contributed by atoms with van der Waals surface area (Å²) < 4.78 is 12.3. The van der Waals surface area contributed by atoms with Gasteiger partial charge in [0.25, 0.3) is 5.56 Å². The van der Waals surface area contributed by atoms with Crippen molar-refractivity contribution in [2.75, 3.05) is 51.9 Å². The molecule has 0 amide bonds. The maximum Gasteiger partial charge on any atom is 0.253 e. The van der Waals surface area contributed by atoms with E-state index in [9.17, 15) is 4.79 Å². The number of aromatic nitrogens is 5. The molecule has 5 rings (SSSR count). The summed E-state index contributed by atoms with van der Waals surface area (Å²) >= 11 is 0. The van der Waals surface area contributed by atoms with Crippen LogP contribution in [-0.4, -0.2) is 77.1 Å².